The van der Waals surface area contributed by atoms with Gasteiger partial charge in [-0.2, -0.15) is 0 Å². The Morgan fingerprint density at radius 3 is 0.835 bits per heavy atom. The summed E-state index contributed by atoms with van der Waals surface area (Å²) in [5.74, 6) is -0.0356. The molecule has 0 saturated heterocycles. The van der Waals surface area contributed by atoms with Crippen molar-refractivity contribution in [1.82, 2.24) is 5.32 Å². The van der Waals surface area contributed by atoms with Crippen molar-refractivity contribution in [1.29, 1.82) is 0 Å². The lowest BCUT2D eigenvalue weighted by molar-refractivity contribution is -0.143. The van der Waals surface area contributed by atoms with E-state index in [2.05, 4.69) is 31.3 Å². The number of rotatable bonds is 74. The van der Waals surface area contributed by atoms with Gasteiger partial charge in [-0.3, -0.25) is 9.59 Å². The molecule has 0 spiro atoms. The van der Waals surface area contributed by atoms with Gasteiger partial charge >= 0.3 is 5.97 Å². The molecule has 0 fully saturated rings. The van der Waals surface area contributed by atoms with E-state index in [0.29, 0.717) is 19.4 Å². The number of nitrogens with one attached hydrogen (secondary N) is 1. The Labute approximate surface area is 532 Å². The minimum absolute atomic E-state index is 0.0246. The predicted octanol–water partition coefficient (Wildman–Crippen LogP) is 25.7. The number of aliphatic hydroxyl groups excluding tert-OH is 2. The van der Waals surface area contributed by atoms with Gasteiger partial charge in [-0.1, -0.05) is 398 Å². The fourth-order valence-electron chi connectivity index (χ4n) is 12.5. The Hall–Kier alpha value is -1.66. The van der Waals surface area contributed by atoms with Gasteiger partial charge < -0.3 is 20.3 Å². The Bertz CT molecular complexity index is 1330. The van der Waals surface area contributed by atoms with Gasteiger partial charge in [-0.05, 0) is 57.8 Å². The van der Waals surface area contributed by atoms with Crippen molar-refractivity contribution in [2.24, 2.45) is 0 Å². The van der Waals surface area contributed by atoms with E-state index in [0.717, 1.165) is 38.5 Å². The van der Waals surface area contributed by atoms with Gasteiger partial charge in [-0.25, -0.2) is 0 Å². The van der Waals surface area contributed by atoms with Crippen LogP contribution < -0.4 is 5.32 Å². The van der Waals surface area contributed by atoms with Gasteiger partial charge in [0.1, 0.15) is 0 Å². The highest BCUT2D eigenvalue weighted by Gasteiger charge is 2.18. The van der Waals surface area contributed by atoms with Crippen molar-refractivity contribution in [3.05, 3.63) is 24.3 Å². The molecular formula is C79H153NO5. The van der Waals surface area contributed by atoms with Gasteiger partial charge in [0.05, 0.1) is 25.4 Å². The Morgan fingerprint density at radius 2 is 0.553 bits per heavy atom. The standard InChI is InChI=1S/C79H153NO5/c1-3-5-7-9-11-13-15-17-18-44-48-51-55-59-63-67-71-77(82)76(75-81)80-78(83)72-68-64-60-56-52-49-45-42-40-38-36-34-32-30-28-26-24-22-20-19-21-23-25-27-29-31-33-35-37-39-41-43-46-50-54-58-62-66-70-74-85-79(84)73-69-65-61-57-53-47-16-14-12-10-8-6-4-2/h19-20,67,71,76-77,81-82H,3-18,21-66,68-70,72-75H2,1-2H3,(H,80,83)/b20-19-,71-67+. The highest BCUT2D eigenvalue weighted by Crippen LogP contribution is 2.20. The van der Waals surface area contributed by atoms with Crippen LogP contribution in [-0.4, -0.2) is 47.4 Å². The fourth-order valence-corrected chi connectivity index (χ4v) is 12.5. The second-order valence-corrected chi connectivity index (χ2v) is 27.0. The molecule has 2 atom stereocenters. The molecule has 0 radical (unpaired) electrons. The largest absolute Gasteiger partial charge is 0.466 e. The molecule has 2 unspecified atom stereocenters. The van der Waals surface area contributed by atoms with Crippen molar-refractivity contribution in [2.75, 3.05) is 13.2 Å². The number of amides is 1. The number of hydrogen-bond donors (Lipinski definition) is 3. The molecule has 0 heterocycles. The molecule has 6 nitrogen and oxygen atoms in total. The topological polar surface area (TPSA) is 95.9 Å². The molecular weight excluding hydrogens is 1040 g/mol. The summed E-state index contributed by atoms with van der Waals surface area (Å²) in [5.41, 5.74) is 0. The minimum Gasteiger partial charge on any atom is -0.466 e. The summed E-state index contributed by atoms with van der Waals surface area (Å²) < 4.78 is 5.50. The number of ether oxygens (including phenoxy) is 1. The van der Waals surface area contributed by atoms with Crippen molar-refractivity contribution in [3.8, 4) is 0 Å². The number of hydrogen-bond acceptors (Lipinski definition) is 5. The minimum atomic E-state index is -0.841. The van der Waals surface area contributed by atoms with Gasteiger partial charge in [0.2, 0.25) is 5.91 Å². The van der Waals surface area contributed by atoms with E-state index < -0.39 is 12.1 Å². The molecule has 0 saturated carbocycles. The van der Waals surface area contributed by atoms with Crippen LogP contribution in [0.15, 0.2) is 24.3 Å². The summed E-state index contributed by atoms with van der Waals surface area (Å²) in [5, 5.41) is 23.2. The monoisotopic (exact) mass is 1200 g/mol. The first-order chi connectivity index (χ1) is 42.0. The van der Waals surface area contributed by atoms with E-state index in [-0.39, 0.29) is 18.5 Å². The van der Waals surface area contributed by atoms with Crippen molar-refractivity contribution >= 4 is 11.9 Å². The Morgan fingerprint density at radius 1 is 0.318 bits per heavy atom. The number of carbonyl (C=O) groups excluding carboxylic acids is 2. The molecule has 6 heteroatoms. The van der Waals surface area contributed by atoms with Crippen LogP contribution in [0.3, 0.4) is 0 Å². The van der Waals surface area contributed by atoms with Crippen LogP contribution in [-0.2, 0) is 14.3 Å². The third-order valence-electron chi connectivity index (χ3n) is 18.5. The zero-order valence-corrected chi connectivity index (χ0v) is 57.9. The second-order valence-electron chi connectivity index (χ2n) is 27.0. The summed E-state index contributed by atoms with van der Waals surface area (Å²) in [7, 11) is 0. The molecule has 504 valence electrons. The van der Waals surface area contributed by atoms with Crippen LogP contribution in [0.2, 0.25) is 0 Å². The molecule has 0 aromatic rings. The zero-order chi connectivity index (χ0) is 61.3. The SMILES string of the molecule is CCCCCCCCCCCCCCCC/C=C/C(O)C(CO)NC(=O)CCCCCCCCCCCCCCCCCCC/C=C\CCCCCCCCCCCCCCCCCCCCOC(=O)CCCCCCCCCCCCCCC. The van der Waals surface area contributed by atoms with Crippen molar-refractivity contribution < 1.29 is 24.5 Å². The lowest BCUT2D eigenvalue weighted by Crippen LogP contribution is -2.45. The molecule has 0 aliphatic heterocycles. The molecule has 85 heavy (non-hydrogen) atoms. The maximum absolute atomic E-state index is 12.5. The molecule has 1 amide bonds. The highest BCUT2D eigenvalue weighted by atomic mass is 16.5. The van der Waals surface area contributed by atoms with Crippen LogP contribution in [0, 0.1) is 0 Å². The van der Waals surface area contributed by atoms with Gasteiger partial charge in [0.15, 0.2) is 0 Å². The molecule has 0 aromatic heterocycles. The zero-order valence-electron chi connectivity index (χ0n) is 57.9. The summed E-state index contributed by atoms with van der Waals surface area (Å²) in [6, 6.07) is -0.624. The molecule has 0 bridgehead atoms. The first-order valence-corrected chi connectivity index (χ1v) is 39.1. The third-order valence-corrected chi connectivity index (χ3v) is 18.5. The maximum Gasteiger partial charge on any atom is 0.305 e. The summed E-state index contributed by atoms with van der Waals surface area (Å²) >= 11 is 0. The highest BCUT2D eigenvalue weighted by molar-refractivity contribution is 5.76. The molecule has 0 aromatic carbocycles. The summed E-state index contributed by atoms with van der Waals surface area (Å²) in [6.07, 6.45) is 95.9. The Kier molecular flexibility index (Phi) is 73.3. The van der Waals surface area contributed by atoms with Crippen LogP contribution in [0.5, 0.6) is 0 Å². The van der Waals surface area contributed by atoms with Crippen molar-refractivity contribution in [2.45, 2.75) is 456 Å². The number of carbonyl (C=O) groups is 2. The number of aliphatic hydroxyl groups is 2. The normalized spacial score (nSPS) is 12.6. The van der Waals surface area contributed by atoms with Crippen molar-refractivity contribution in [3.63, 3.8) is 0 Å². The molecule has 0 aliphatic carbocycles. The van der Waals surface area contributed by atoms with Gasteiger partial charge in [0.25, 0.3) is 0 Å². The van der Waals surface area contributed by atoms with E-state index >= 15 is 0 Å². The predicted molar refractivity (Wildman–Crippen MR) is 375 cm³/mol. The van der Waals surface area contributed by atoms with Gasteiger partial charge in [-0.15, -0.1) is 0 Å². The first kappa shape index (κ1) is 83.3. The third kappa shape index (κ3) is 71.3. The van der Waals surface area contributed by atoms with Crippen LogP contribution >= 0.6 is 0 Å². The maximum atomic E-state index is 12.5. The van der Waals surface area contributed by atoms with Crippen LogP contribution in [0.1, 0.15) is 444 Å². The van der Waals surface area contributed by atoms with E-state index in [1.54, 1.807) is 6.08 Å². The van der Waals surface area contributed by atoms with Crippen LogP contribution in [0.4, 0.5) is 0 Å². The molecule has 3 N–H and O–H groups in total. The Balaban J connectivity index is 3.33. The lowest BCUT2D eigenvalue weighted by atomic mass is 10.0. The average Bonchev–Trinajstić information content (AvgIpc) is 3.54. The number of unbranched alkanes of at least 4 members (excludes halogenated alkanes) is 61. The number of esters is 1. The second kappa shape index (κ2) is 74.8. The van der Waals surface area contributed by atoms with E-state index in [4.69, 9.17) is 4.74 Å². The lowest BCUT2D eigenvalue weighted by Gasteiger charge is -2.20. The number of allylic oxidation sites excluding steroid dienone is 3. The van der Waals surface area contributed by atoms with Crippen LogP contribution in [0.25, 0.3) is 0 Å². The van der Waals surface area contributed by atoms with E-state index in [1.807, 2.05) is 6.08 Å². The average molecular weight is 1200 g/mol. The summed E-state index contributed by atoms with van der Waals surface area (Å²) in [6.45, 7) is 4.95. The molecule has 0 aliphatic rings. The summed E-state index contributed by atoms with van der Waals surface area (Å²) in [4.78, 5) is 24.6. The van der Waals surface area contributed by atoms with E-state index in [9.17, 15) is 19.8 Å². The molecule has 0 rings (SSSR count). The smallest absolute Gasteiger partial charge is 0.305 e. The quantitative estimate of drug-likeness (QED) is 0.0320. The van der Waals surface area contributed by atoms with Gasteiger partial charge in [0, 0.05) is 12.8 Å². The first-order valence-electron chi connectivity index (χ1n) is 39.1. The van der Waals surface area contributed by atoms with E-state index in [1.165, 1.54) is 379 Å². The fraction of sp³-hybridized carbons (Fsp3) is 0.924.